The van der Waals surface area contributed by atoms with Crippen LogP contribution in [0.15, 0.2) is 12.3 Å². The molecule has 2 fully saturated rings. The molecule has 0 bridgehead atoms. The highest BCUT2D eigenvalue weighted by Gasteiger charge is 2.23. The Labute approximate surface area is 123 Å². The van der Waals surface area contributed by atoms with Gasteiger partial charge in [0.15, 0.2) is 0 Å². The molecule has 3 heterocycles. The van der Waals surface area contributed by atoms with Gasteiger partial charge >= 0.3 is 0 Å². The van der Waals surface area contributed by atoms with Crippen molar-refractivity contribution in [3.8, 4) is 0 Å². The molecule has 2 saturated heterocycles. The first kappa shape index (κ1) is 13.9. The Morgan fingerprint density at radius 3 is 2.50 bits per heavy atom. The van der Waals surface area contributed by atoms with E-state index < -0.39 is 0 Å². The van der Waals surface area contributed by atoms with E-state index in [4.69, 9.17) is 4.98 Å². The normalized spacial score (nSPS) is 24.9. The molecule has 0 N–H and O–H groups in total. The molecule has 0 amide bonds. The summed E-state index contributed by atoms with van der Waals surface area (Å²) in [5.41, 5.74) is 2.85. The SMILES string of the molecule is Cc1cc(N2CCCCC2)ncc1[C@@H]1CCCCN1C. The van der Waals surface area contributed by atoms with Gasteiger partial charge in [0.2, 0.25) is 0 Å². The first-order valence-corrected chi connectivity index (χ1v) is 8.17. The minimum absolute atomic E-state index is 0.576. The monoisotopic (exact) mass is 273 g/mol. The molecule has 0 aromatic carbocycles. The standard InChI is InChI=1S/C17H27N3/c1-14-12-17(20-10-5-3-6-11-20)18-13-15(14)16-8-4-7-9-19(16)2/h12-13,16H,3-11H2,1-2H3/t16-/m0/s1. The summed E-state index contributed by atoms with van der Waals surface area (Å²) in [7, 11) is 2.25. The molecule has 3 rings (SSSR count). The summed E-state index contributed by atoms with van der Waals surface area (Å²) in [6, 6.07) is 2.88. The molecule has 0 unspecified atom stereocenters. The molecule has 3 heteroatoms. The summed E-state index contributed by atoms with van der Waals surface area (Å²) < 4.78 is 0. The Hall–Kier alpha value is -1.09. The molecule has 3 nitrogen and oxygen atoms in total. The molecular weight excluding hydrogens is 246 g/mol. The maximum absolute atomic E-state index is 4.77. The summed E-state index contributed by atoms with van der Waals surface area (Å²) in [6.45, 7) is 5.83. The molecule has 1 aromatic rings. The summed E-state index contributed by atoms with van der Waals surface area (Å²) in [5, 5.41) is 0. The van der Waals surface area contributed by atoms with Gasteiger partial charge in [0.05, 0.1) is 0 Å². The van der Waals surface area contributed by atoms with Crippen molar-refractivity contribution >= 4 is 5.82 Å². The van der Waals surface area contributed by atoms with Gasteiger partial charge < -0.3 is 4.90 Å². The molecule has 2 aliphatic rings. The quantitative estimate of drug-likeness (QED) is 0.821. The number of piperidine rings is 2. The predicted octanol–water partition coefficient (Wildman–Crippen LogP) is 3.54. The average molecular weight is 273 g/mol. The van der Waals surface area contributed by atoms with Crippen LogP contribution in [0.4, 0.5) is 5.82 Å². The van der Waals surface area contributed by atoms with Crippen molar-refractivity contribution in [2.45, 2.75) is 51.5 Å². The largest absolute Gasteiger partial charge is 0.357 e. The third-order valence-corrected chi connectivity index (χ3v) is 4.95. The summed E-state index contributed by atoms with van der Waals surface area (Å²) in [5.74, 6) is 1.18. The lowest BCUT2D eigenvalue weighted by Crippen LogP contribution is -2.31. The van der Waals surface area contributed by atoms with Gasteiger partial charge in [0.1, 0.15) is 5.82 Å². The Bertz CT molecular complexity index is 452. The van der Waals surface area contributed by atoms with E-state index in [0.29, 0.717) is 6.04 Å². The van der Waals surface area contributed by atoms with E-state index in [-0.39, 0.29) is 0 Å². The number of hydrogen-bond acceptors (Lipinski definition) is 3. The second-order valence-corrected chi connectivity index (χ2v) is 6.44. The number of anilines is 1. The van der Waals surface area contributed by atoms with Gasteiger partial charge in [-0.2, -0.15) is 0 Å². The van der Waals surface area contributed by atoms with Gasteiger partial charge in [-0.1, -0.05) is 6.42 Å². The van der Waals surface area contributed by atoms with Crippen molar-refractivity contribution in [2.24, 2.45) is 0 Å². The smallest absolute Gasteiger partial charge is 0.128 e. The van der Waals surface area contributed by atoms with Gasteiger partial charge in [-0.15, -0.1) is 0 Å². The van der Waals surface area contributed by atoms with Gasteiger partial charge in [-0.05, 0) is 69.8 Å². The van der Waals surface area contributed by atoms with Crippen LogP contribution >= 0.6 is 0 Å². The molecule has 0 spiro atoms. The van der Waals surface area contributed by atoms with Crippen molar-refractivity contribution in [1.82, 2.24) is 9.88 Å². The lowest BCUT2D eigenvalue weighted by Gasteiger charge is -2.34. The number of pyridine rings is 1. The summed E-state index contributed by atoms with van der Waals surface area (Å²) >= 11 is 0. The number of hydrogen-bond donors (Lipinski definition) is 0. The maximum atomic E-state index is 4.77. The zero-order valence-electron chi connectivity index (χ0n) is 12.9. The van der Waals surface area contributed by atoms with Crippen LogP contribution in [0, 0.1) is 6.92 Å². The Kier molecular flexibility index (Phi) is 4.25. The lowest BCUT2D eigenvalue weighted by atomic mass is 9.94. The number of likely N-dealkylation sites (tertiary alicyclic amines) is 1. The summed E-state index contributed by atoms with van der Waals surface area (Å²) in [4.78, 5) is 9.72. The van der Waals surface area contributed by atoms with Gasteiger partial charge in [-0.25, -0.2) is 4.98 Å². The molecule has 20 heavy (non-hydrogen) atoms. The third kappa shape index (κ3) is 2.83. The first-order chi connectivity index (χ1) is 9.75. The van der Waals surface area contributed by atoms with E-state index in [0.717, 1.165) is 0 Å². The molecule has 0 saturated carbocycles. The van der Waals surface area contributed by atoms with E-state index >= 15 is 0 Å². The molecule has 1 atom stereocenters. The van der Waals surface area contributed by atoms with Crippen molar-refractivity contribution in [3.63, 3.8) is 0 Å². The van der Waals surface area contributed by atoms with Crippen LogP contribution in [0.1, 0.15) is 55.7 Å². The van der Waals surface area contributed by atoms with Gasteiger partial charge in [0, 0.05) is 25.3 Å². The van der Waals surface area contributed by atoms with Crippen molar-refractivity contribution in [1.29, 1.82) is 0 Å². The highest BCUT2D eigenvalue weighted by atomic mass is 15.2. The summed E-state index contributed by atoms with van der Waals surface area (Å²) in [6.07, 6.45) is 10.1. The molecule has 2 aliphatic heterocycles. The Balaban J connectivity index is 1.79. The number of aryl methyl sites for hydroxylation is 1. The van der Waals surface area contributed by atoms with Crippen molar-refractivity contribution < 1.29 is 0 Å². The molecule has 0 aliphatic carbocycles. The lowest BCUT2D eigenvalue weighted by molar-refractivity contribution is 0.186. The van der Waals surface area contributed by atoms with Crippen LogP contribution in [0.5, 0.6) is 0 Å². The maximum Gasteiger partial charge on any atom is 0.128 e. The number of rotatable bonds is 2. The number of nitrogens with zero attached hydrogens (tertiary/aromatic N) is 3. The van der Waals surface area contributed by atoms with Crippen LogP contribution in [0.3, 0.4) is 0 Å². The molecule has 1 aromatic heterocycles. The number of aromatic nitrogens is 1. The minimum Gasteiger partial charge on any atom is -0.357 e. The molecule has 0 radical (unpaired) electrons. The Morgan fingerprint density at radius 1 is 1.05 bits per heavy atom. The first-order valence-electron chi connectivity index (χ1n) is 8.17. The second kappa shape index (κ2) is 6.13. The van der Waals surface area contributed by atoms with E-state index in [1.165, 1.54) is 75.1 Å². The van der Waals surface area contributed by atoms with Crippen LogP contribution in [-0.4, -0.2) is 36.6 Å². The fourth-order valence-corrected chi connectivity index (χ4v) is 3.66. The van der Waals surface area contributed by atoms with Crippen LogP contribution in [0.25, 0.3) is 0 Å². The average Bonchev–Trinajstić information content (AvgIpc) is 2.49. The van der Waals surface area contributed by atoms with E-state index in [2.05, 4.69) is 36.0 Å². The third-order valence-electron chi connectivity index (χ3n) is 4.95. The fourth-order valence-electron chi connectivity index (χ4n) is 3.66. The van der Waals surface area contributed by atoms with Crippen LogP contribution in [0.2, 0.25) is 0 Å². The minimum atomic E-state index is 0.576. The van der Waals surface area contributed by atoms with Gasteiger partial charge in [-0.3, -0.25) is 4.90 Å². The topological polar surface area (TPSA) is 19.4 Å². The van der Waals surface area contributed by atoms with Crippen molar-refractivity contribution in [2.75, 3.05) is 31.6 Å². The Morgan fingerprint density at radius 2 is 1.80 bits per heavy atom. The highest BCUT2D eigenvalue weighted by Crippen LogP contribution is 2.32. The zero-order chi connectivity index (χ0) is 13.9. The van der Waals surface area contributed by atoms with Crippen LogP contribution < -0.4 is 4.90 Å². The zero-order valence-corrected chi connectivity index (χ0v) is 12.9. The fraction of sp³-hybridized carbons (Fsp3) is 0.706. The molecule has 110 valence electrons. The van der Waals surface area contributed by atoms with E-state index in [9.17, 15) is 0 Å². The predicted molar refractivity (Wildman–Crippen MR) is 84.3 cm³/mol. The van der Waals surface area contributed by atoms with Crippen LogP contribution in [-0.2, 0) is 0 Å². The van der Waals surface area contributed by atoms with E-state index in [1.54, 1.807) is 0 Å². The van der Waals surface area contributed by atoms with E-state index in [1.807, 2.05) is 0 Å². The highest BCUT2D eigenvalue weighted by molar-refractivity contribution is 5.44. The second-order valence-electron chi connectivity index (χ2n) is 6.44. The molecular formula is C17H27N3. The van der Waals surface area contributed by atoms with Gasteiger partial charge in [0.25, 0.3) is 0 Å². The van der Waals surface area contributed by atoms with Crippen molar-refractivity contribution in [3.05, 3.63) is 23.4 Å².